The van der Waals surface area contributed by atoms with Crippen LogP contribution in [0.15, 0.2) is 6.07 Å². The second-order valence-electron chi connectivity index (χ2n) is 8.45. The van der Waals surface area contributed by atoms with E-state index in [-0.39, 0.29) is 24.0 Å². The van der Waals surface area contributed by atoms with Crippen LogP contribution in [0.2, 0.25) is 0 Å². The van der Waals surface area contributed by atoms with E-state index in [9.17, 15) is 14.7 Å². The molecule has 1 aliphatic carbocycles. The van der Waals surface area contributed by atoms with E-state index in [4.69, 9.17) is 0 Å². The number of likely N-dealkylation sites (tertiary alicyclic amines) is 2. The minimum atomic E-state index is -0.698. The first-order valence-corrected chi connectivity index (χ1v) is 10.2. The maximum absolute atomic E-state index is 13.6. The van der Waals surface area contributed by atoms with E-state index in [0.717, 1.165) is 63.6 Å². The minimum Gasteiger partial charge on any atom is -0.393 e. The summed E-state index contributed by atoms with van der Waals surface area (Å²) in [6.45, 7) is 3.32. The van der Waals surface area contributed by atoms with Crippen molar-refractivity contribution in [1.82, 2.24) is 19.6 Å². The smallest absolute Gasteiger partial charge is 0.275 e. The third kappa shape index (κ3) is 3.06. The van der Waals surface area contributed by atoms with E-state index in [1.54, 1.807) is 9.58 Å². The molecule has 1 unspecified atom stereocenters. The Morgan fingerprint density at radius 1 is 1.19 bits per heavy atom. The van der Waals surface area contributed by atoms with Gasteiger partial charge in [0.2, 0.25) is 5.91 Å². The van der Waals surface area contributed by atoms with Gasteiger partial charge in [0.1, 0.15) is 5.54 Å². The minimum absolute atomic E-state index is 0.119. The number of hydrogen-bond acceptors (Lipinski definition) is 4. The Hall–Kier alpha value is -1.89. The number of aliphatic hydroxyl groups excluding tert-OH is 1. The van der Waals surface area contributed by atoms with Crippen LogP contribution in [0, 0.1) is 6.92 Å². The second kappa shape index (κ2) is 6.93. The van der Waals surface area contributed by atoms with Crippen LogP contribution >= 0.6 is 0 Å². The summed E-state index contributed by atoms with van der Waals surface area (Å²) >= 11 is 0. The number of aryl methyl sites for hydroxylation is 2. The van der Waals surface area contributed by atoms with Gasteiger partial charge in [-0.2, -0.15) is 5.10 Å². The van der Waals surface area contributed by atoms with Crippen LogP contribution in [0.5, 0.6) is 0 Å². The standard InChI is InChI=1S/C20H30N4O3/c1-14-13-17(21-22(14)2)18(26)24-12-4-10-20(24)9-3-11-23(19(20)27)15-5-7-16(25)8-6-15/h13,15-16,25H,3-12H2,1-2H3. The summed E-state index contributed by atoms with van der Waals surface area (Å²) in [5, 5.41) is 14.1. The molecular weight excluding hydrogens is 344 g/mol. The number of carbonyl (C=O) groups excluding carboxylic acids is 2. The van der Waals surface area contributed by atoms with Gasteiger partial charge in [0, 0.05) is 31.9 Å². The first kappa shape index (κ1) is 18.5. The lowest BCUT2D eigenvalue weighted by Gasteiger charge is -2.48. The van der Waals surface area contributed by atoms with Gasteiger partial charge in [0.05, 0.1) is 6.10 Å². The second-order valence-corrected chi connectivity index (χ2v) is 8.45. The molecule has 0 radical (unpaired) electrons. The predicted molar refractivity (Wildman–Crippen MR) is 100 cm³/mol. The van der Waals surface area contributed by atoms with Crippen molar-refractivity contribution in [3.63, 3.8) is 0 Å². The highest BCUT2D eigenvalue weighted by Crippen LogP contribution is 2.41. The summed E-state index contributed by atoms with van der Waals surface area (Å²) < 4.78 is 1.71. The molecule has 3 fully saturated rings. The Kier molecular flexibility index (Phi) is 4.74. The first-order chi connectivity index (χ1) is 12.9. The fraction of sp³-hybridized carbons (Fsp3) is 0.750. The van der Waals surface area contributed by atoms with Gasteiger partial charge in [0.15, 0.2) is 5.69 Å². The van der Waals surface area contributed by atoms with Gasteiger partial charge < -0.3 is 14.9 Å². The molecule has 3 aliphatic rings. The van der Waals surface area contributed by atoms with Crippen molar-refractivity contribution in [2.24, 2.45) is 7.05 Å². The number of nitrogens with zero attached hydrogens (tertiary/aromatic N) is 4. The van der Waals surface area contributed by atoms with E-state index in [1.807, 2.05) is 24.9 Å². The molecule has 1 aromatic rings. The summed E-state index contributed by atoms with van der Waals surface area (Å²) in [5.41, 5.74) is 0.669. The number of aliphatic hydroxyl groups is 1. The SMILES string of the molecule is Cc1cc(C(=O)N2CCCC23CCCN(C2CCC(O)CC2)C3=O)nn1C. The molecule has 7 heteroatoms. The molecule has 27 heavy (non-hydrogen) atoms. The fourth-order valence-corrected chi connectivity index (χ4v) is 5.20. The summed E-state index contributed by atoms with van der Waals surface area (Å²) in [6, 6.07) is 2.01. The van der Waals surface area contributed by atoms with Gasteiger partial charge in [-0.05, 0) is 64.4 Å². The highest BCUT2D eigenvalue weighted by molar-refractivity contribution is 5.99. The molecule has 3 heterocycles. The van der Waals surface area contributed by atoms with Crippen molar-refractivity contribution in [3.8, 4) is 0 Å². The number of piperidine rings is 1. The summed E-state index contributed by atoms with van der Waals surface area (Å²) in [4.78, 5) is 30.6. The van der Waals surface area contributed by atoms with Crippen molar-refractivity contribution in [2.45, 2.75) is 76.0 Å². The lowest BCUT2D eigenvalue weighted by Crippen LogP contribution is -2.63. The Balaban J connectivity index is 1.58. The van der Waals surface area contributed by atoms with Crippen LogP contribution in [-0.4, -0.2) is 67.3 Å². The zero-order valence-electron chi connectivity index (χ0n) is 16.4. The number of carbonyl (C=O) groups is 2. The van der Waals surface area contributed by atoms with E-state index in [1.165, 1.54) is 0 Å². The number of amides is 2. The van der Waals surface area contributed by atoms with Crippen LogP contribution in [0.1, 0.15) is 67.5 Å². The van der Waals surface area contributed by atoms with Crippen LogP contribution in [0.4, 0.5) is 0 Å². The molecule has 0 bridgehead atoms. The molecule has 1 atom stereocenters. The Labute approximate surface area is 160 Å². The van der Waals surface area contributed by atoms with Crippen molar-refractivity contribution < 1.29 is 14.7 Å². The van der Waals surface area contributed by atoms with Crippen LogP contribution in [-0.2, 0) is 11.8 Å². The molecule has 1 N–H and O–H groups in total. The maximum Gasteiger partial charge on any atom is 0.275 e. The largest absolute Gasteiger partial charge is 0.393 e. The summed E-state index contributed by atoms with van der Waals surface area (Å²) in [5.74, 6) is -0.000825. The Morgan fingerprint density at radius 3 is 2.48 bits per heavy atom. The summed E-state index contributed by atoms with van der Waals surface area (Å²) in [7, 11) is 1.83. The summed E-state index contributed by atoms with van der Waals surface area (Å²) in [6.07, 6.45) is 6.29. The van der Waals surface area contributed by atoms with Crippen molar-refractivity contribution >= 4 is 11.8 Å². The van der Waals surface area contributed by atoms with E-state index in [0.29, 0.717) is 12.2 Å². The first-order valence-electron chi connectivity index (χ1n) is 10.2. The molecular formula is C20H30N4O3. The molecule has 0 aromatic carbocycles. The monoisotopic (exact) mass is 374 g/mol. The Morgan fingerprint density at radius 2 is 1.85 bits per heavy atom. The highest BCUT2D eigenvalue weighted by Gasteiger charge is 2.54. The lowest BCUT2D eigenvalue weighted by atomic mass is 9.82. The number of hydrogen-bond donors (Lipinski definition) is 1. The molecule has 4 rings (SSSR count). The molecule has 2 saturated heterocycles. The highest BCUT2D eigenvalue weighted by atomic mass is 16.3. The molecule has 7 nitrogen and oxygen atoms in total. The van der Waals surface area contributed by atoms with E-state index < -0.39 is 5.54 Å². The van der Waals surface area contributed by atoms with Crippen molar-refractivity contribution in [3.05, 3.63) is 17.5 Å². The predicted octanol–water partition coefficient (Wildman–Crippen LogP) is 1.63. The molecule has 1 saturated carbocycles. The van der Waals surface area contributed by atoms with Gasteiger partial charge in [0.25, 0.3) is 5.91 Å². The average Bonchev–Trinajstić information content (AvgIpc) is 3.22. The zero-order valence-corrected chi connectivity index (χ0v) is 16.4. The molecule has 1 aromatic heterocycles. The van der Waals surface area contributed by atoms with E-state index >= 15 is 0 Å². The van der Waals surface area contributed by atoms with Gasteiger partial charge in [-0.3, -0.25) is 14.3 Å². The molecule has 1 spiro atoms. The van der Waals surface area contributed by atoms with Crippen LogP contribution in [0.3, 0.4) is 0 Å². The van der Waals surface area contributed by atoms with Gasteiger partial charge >= 0.3 is 0 Å². The average molecular weight is 374 g/mol. The lowest BCUT2D eigenvalue weighted by molar-refractivity contribution is -0.149. The van der Waals surface area contributed by atoms with Gasteiger partial charge in [-0.15, -0.1) is 0 Å². The fourth-order valence-electron chi connectivity index (χ4n) is 5.20. The molecule has 148 valence electrons. The third-order valence-corrected chi connectivity index (χ3v) is 6.82. The van der Waals surface area contributed by atoms with Crippen LogP contribution < -0.4 is 0 Å². The maximum atomic E-state index is 13.6. The van der Waals surface area contributed by atoms with Crippen molar-refractivity contribution in [1.29, 1.82) is 0 Å². The van der Waals surface area contributed by atoms with Gasteiger partial charge in [-0.25, -0.2) is 0 Å². The topological polar surface area (TPSA) is 78.7 Å². The number of rotatable bonds is 2. The zero-order chi connectivity index (χ0) is 19.2. The van der Waals surface area contributed by atoms with Crippen LogP contribution in [0.25, 0.3) is 0 Å². The van der Waals surface area contributed by atoms with Gasteiger partial charge in [-0.1, -0.05) is 0 Å². The Bertz CT molecular complexity index is 718. The quantitative estimate of drug-likeness (QED) is 0.853. The third-order valence-electron chi connectivity index (χ3n) is 6.82. The molecule has 2 amide bonds. The normalized spacial score (nSPS) is 31.7. The number of aromatic nitrogens is 2. The molecule has 2 aliphatic heterocycles. The van der Waals surface area contributed by atoms with E-state index in [2.05, 4.69) is 5.10 Å². The van der Waals surface area contributed by atoms with Crippen molar-refractivity contribution in [2.75, 3.05) is 13.1 Å².